The summed E-state index contributed by atoms with van der Waals surface area (Å²) in [6.07, 6.45) is 2.67. The van der Waals surface area contributed by atoms with Crippen LogP contribution in [0, 0.1) is 0 Å². The van der Waals surface area contributed by atoms with Crippen molar-refractivity contribution in [3.8, 4) is 11.1 Å². The summed E-state index contributed by atoms with van der Waals surface area (Å²) in [5.74, 6) is 0. The number of hydrogen-bond acceptors (Lipinski definition) is 1. The molecule has 1 heteroatoms. The van der Waals surface area contributed by atoms with Crippen molar-refractivity contribution >= 4 is 10.8 Å². The minimum Gasteiger partial charge on any atom is -0.310 e. The number of nitrogens with one attached hydrogen (secondary N) is 1. The van der Waals surface area contributed by atoms with Gasteiger partial charge in [0.15, 0.2) is 0 Å². The van der Waals surface area contributed by atoms with Gasteiger partial charge in [-0.3, -0.25) is 0 Å². The molecule has 3 aromatic carbocycles. The summed E-state index contributed by atoms with van der Waals surface area (Å²) in [6.45, 7) is 0.975. The summed E-state index contributed by atoms with van der Waals surface area (Å²) in [7, 11) is 0. The molecule has 1 saturated carbocycles. The Balaban J connectivity index is 1.72. The molecule has 3 aromatic rings. The van der Waals surface area contributed by atoms with E-state index in [9.17, 15) is 0 Å². The first-order valence-corrected chi connectivity index (χ1v) is 7.71. The van der Waals surface area contributed by atoms with Gasteiger partial charge in [0.1, 0.15) is 0 Å². The highest BCUT2D eigenvalue weighted by Crippen LogP contribution is 2.29. The van der Waals surface area contributed by atoms with E-state index in [4.69, 9.17) is 0 Å². The van der Waals surface area contributed by atoms with Crippen LogP contribution in [0.25, 0.3) is 21.9 Å². The van der Waals surface area contributed by atoms with Crippen LogP contribution in [0.2, 0.25) is 0 Å². The quantitative estimate of drug-likeness (QED) is 0.722. The molecule has 21 heavy (non-hydrogen) atoms. The number of benzene rings is 3. The molecular formula is C20H19N. The van der Waals surface area contributed by atoms with E-state index >= 15 is 0 Å². The van der Waals surface area contributed by atoms with Crippen LogP contribution in [0.1, 0.15) is 18.4 Å². The SMILES string of the molecule is c1cc(CNC2CC2)cc(-c2cccc3ccccc23)c1. The highest BCUT2D eigenvalue weighted by molar-refractivity contribution is 5.96. The van der Waals surface area contributed by atoms with E-state index in [-0.39, 0.29) is 0 Å². The van der Waals surface area contributed by atoms with Gasteiger partial charge in [0.2, 0.25) is 0 Å². The van der Waals surface area contributed by atoms with Crippen LogP contribution in [0.5, 0.6) is 0 Å². The van der Waals surface area contributed by atoms with Crippen molar-refractivity contribution in [1.29, 1.82) is 0 Å². The summed E-state index contributed by atoms with van der Waals surface area (Å²) in [5, 5.41) is 6.22. The molecule has 0 saturated heterocycles. The van der Waals surface area contributed by atoms with Crippen molar-refractivity contribution in [3.05, 3.63) is 72.3 Å². The highest BCUT2D eigenvalue weighted by atomic mass is 14.9. The molecule has 0 unspecified atom stereocenters. The predicted octanol–water partition coefficient (Wildman–Crippen LogP) is 4.76. The van der Waals surface area contributed by atoms with Crippen molar-refractivity contribution in [2.45, 2.75) is 25.4 Å². The summed E-state index contributed by atoms with van der Waals surface area (Å²) in [6, 6.07) is 24.8. The van der Waals surface area contributed by atoms with Gasteiger partial charge in [0.05, 0.1) is 0 Å². The average molecular weight is 273 g/mol. The second-order valence-corrected chi connectivity index (χ2v) is 5.88. The second kappa shape index (κ2) is 5.34. The Hall–Kier alpha value is -2.12. The molecule has 0 aliphatic heterocycles. The largest absolute Gasteiger partial charge is 0.310 e. The van der Waals surface area contributed by atoms with Crippen LogP contribution in [-0.2, 0) is 6.54 Å². The third-order valence-electron chi connectivity index (χ3n) is 4.20. The van der Waals surface area contributed by atoms with Gasteiger partial charge >= 0.3 is 0 Å². The van der Waals surface area contributed by atoms with Crippen LogP contribution in [-0.4, -0.2) is 6.04 Å². The lowest BCUT2D eigenvalue weighted by atomic mass is 9.97. The molecule has 1 N–H and O–H groups in total. The molecule has 0 heterocycles. The van der Waals surface area contributed by atoms with E-state index in [2.05, 4.69) is 72.0 Å². The molecule has 104 valence electrons. The molecule has 1 aliphatic carbocycles. The molecule has 1 fully saturated rings. The molecule has 0 spiro atoms. The maximum absolute atomic E-state index is 3.59. The fraction of sp³-hybridized carbons (Fsp3) is 0.200. The third-order valence-corrected chi connectivity index (χ3v) is 4.20. The first-order valence-electron chi connectivity index (χ1n) is 7.71. The fourth-order valence-electron chi connectivity index (χ4n) is 2.88. The topological polar surface area (TPSA) is 12.0 Å². The molecular weight excluding hydrogens is 254 g/mol. The number of rotatable bonds is 4. The van der Waals surface area contributed by atoms with Gasteiger partial charge in [0.25, 0.3) is 0 Å². The van der Waals surface area contributed by atoms with Crippen LogP contribution in [0.3, 0.4) is 0 Å². The lowest BCUT2D eigenvalue weighted by Crippen LogP contribution is -2.15. The normalized spacial score (nSPS) is 14.5. The summed E-state index contributed by atoms with van der Waals surface area (Å²) in [5.41, 5.74) is 4.00. The standard InChI is InChI=1S/C20H19N/c1-2-9-19-16(6-1)7-4-10-20(19)17-8-3-5-15(13-17)14-21-18-11-12-18/h1-10,13,18,21H,11-12,14H2. The maximum atomic E-state index is 3.59. The lowest BCUT2D eigenvalue weighted by molar-refractivity contribution is 0.688. The monoisotopic (exact) mass is 273 g/mol. The van der Waals surface area contributed by atoms with E-state index in [1.54, 1.807) is 0 Å². The Morgan fingerprint density at radius 2 is 1.67 bits per heavy atom. The first kappa shape index (κ1) is 12.6. The molecule has 0 radical (unpaired) electrons. The maximum Gasteiger partial charge on any atom is 0.0208 e. The van der Waals surface area contributed by atoms with Gasteiger partial charge < -0.3 is 5.32 Å². The average Bonchev–Trinajstić information content (AvgIpc) is 3.37. The zero-order valence-corrected chi connectivity index (χ0v) is 12.0. The zero-order valence-electron chi connectivity index (χ0n) is 12.0. The van der Waals surface area contributed by atoms with E-state index in [1.807, 2.05) is 0 Å². The lowest BCUT2D eigenvalue weighted by Gasteiger charge is -2.09. The zero-order chi connectivity index (χ0) is 14.1. The van der Waals surface area contributed by atoms with Crippen molar-refractivity contribution < 1.29 is 0 Å². The van der Waals surface area contributed by atoms with E-state index in [1.165, 1.54) is 40.3 Å². The number of fused-ring (bicyclic) bond motifs is 1. The van der Waals surface area contributed by atoms with Crippen LogP contribution < -0.4 is 5.32 Å². The van der Waals surface area contributed by atoms with Gasteiger partial charge in [0, 0.05) is 12.6 Å². The van der Waals surface area contributed by atoms with E-state index < -0.39 is 0 Å². The molecule has 0 bridgehead atoms. The number of hydrogen-bond donors (Lipinski definition) is 1. The predicted molar refractivity (Wildman–Crippen MR) is 89.2 cm³/mol. The fourth-order valence-corrected chi connectivity index (χ4v) is 2.88. The molecule has 1 nitrogen and oxygen atoms in total. The minimum absolute atomic E-state index is 0.756. The molecule has 0 atom stereocenters. The Kier molecular flexibility index (Phi) is 3.21. The molecule has 1 aliphatic rings. The van der Waals surface area contributed by atoms with Gasteiger partial charge in [-0.1, -0.05) is 60.7 Å². The molecule has 4 rings (SSSR count). The van der Waals surface area contributed by atoms with E-state index in [0.717, 1.165) is 12.6 Å². The highest BCUT2D eigenvalue weighted by Gasteiger charge is 2.19. The molecule has 0 amide bonds. The van der Waals surface area contributed by atoms with Gasteiger partial charge in [-0.05, 0) is 46.4 Å². The smallest absolute Gasteiger partial charge is 0.0208 e. The van der Waals surface area contributed by atoms with Crippen LogP contribution >= 0.6 is 0 Å². The Morgan fingerprint density at radius 1 is 0.857 bits per heavy atom. The molecule has 0 aromatic heterocycles. The second-order valence-electron chi connectivity index (χ2n) is 5.88. The van der Waals surface area contributed by atoms with Gasteiger partial charge in [-0.2, -0.15) is 0 Å². The van der Waals surface area contributed by atoms with Gasteiger partial charge in [-0.15, -0.1) is 0 Å². The van der Waals surface area contributed by atoms with Crippen LogP contribution in [0.4, 0.5) is 0 Å². The third kappa shape index (κ3) is 2.70. The summed E-state index contributed by atoms with van der Waals surface area (Å²) < 4.78 is 0. The first-order chi connectivity index (χ1) is 10.4. The van der Waals surface area contributed by atoms with Crippen molar-refractivity contribution in [2.75, 3.05) is 0 Å². The Labute approximate surface area is 125 Å². The Bertz CT molecular complexity index is 766. The van der Waals surface area contributed by atoms with Crippen molar-refractivity contribution in [2.24, 2.45) is 0 Å². The van der Waals surface area contributed by atoms with Crippen molar-refractivity contribution in [1.82, 2.24) is 5.32 Å². The summed E-state index contributed by atoms with van der Waals surface area (Å²) in [4.78, 5) is 0. The van der Waals surface area contributed by atoms with Gasteiger partial charge in [-0.25, -0.2) is 0 Å². The van der Waals surface area contributed by atoms with Crippen LogP contribution in [0.15, 0.2) is 66.7 Å². The van der Waals surface area contributed by atoms with E-state index in [0.29, 0.717) is 0 Å². The minimum atomic E-state index is 0.756. The van der Waals surface area contributed by atoms with Crippen molar-refractivity contribution in [3.63, 3.8) is 0 Å². The summed E-state index contributed by atoms with van der Waals surface area (Å²) >= 11 is 0. The Morgan fingerprint density at radius 3 is 2.57 bits per heavy atom.